The summed E-state index contributed by atoms with van der Waals surface area (Å²) in [5, 5.41) is 0. The fourth-order valence-corrected chi connectivity index (χ4v) is 3.34. The van der Waals surface area contributed by atoms with E-state index in [2.05, 4.69) is 26.8 Å². The molecule has 2 aliphatic heterocycles. The van der Waals surface area contributed by atoms with Crippen LogP contribution in [0.5, 0.6) is 5.75 Å². The van der Waals surface area contributed by atoms with Crippen LogP contribution in [-0.2, 0) is 11.2 Å². The van der Waals surface area contributed by atoms with Gasteiger partial charge in [-0.25, -0.2) is 0 Å². The van der Waals surface area contributed by atoms with Gasteiger partial charge in [-0.3, -0.25) is 4.79 Å². The molecule has 0 spiro atoms. The molecule has 0 aliphatic carbocycles. The van der Waals surface area contributed by atoms with Gasteiger partial charge in [0, 0.05) is 24.4 Å². The topological polar surface area (TPSA) is 55.6 Å². The van der Waals surface area contributed by atoms with Gasteiger partial charge in [0.15, 0.2) is 0 Å². The van der Waals surface area contributed by atoms with Crippen LogP contribution in [0.2, 0.25) is 0 Å². The maximum absolute atomic E-state index is 12.3. The first kappa shape index (κ1) is 13.4. The number of hydrogen-bond donors (Lipinski definition) is 1. The minimum atomic E-state index is -0.217. The Morgan fingerprint density at radius 1 is 1.35 bits per heavy atom. The molecule has 4 heteroatoms. The molecule has 108 valence electrons. The van der Waals surface area contributed by atoms with Gasteiger partial charge in [0.25, 0.3) is 0 Å². The van der Waals surface area contributed by atoms with Crippen LogP contribution in [0.1, 0.15) is 44.4 Å². The largest absolute Gasteiger partial charge is 0.493 e. The van der Waals surface area contributed by atoms with Crippen molar-refractivity contribution >= 4 is 5.91 Å². The number of nitrogens with zero attached hydrogens (tertiary/aromatic N) is 1. The lowest BCUT2D eigenvalue weighted by Crippen LogP contribution is -2.45. The number of ether oxygens (including phenoxy) is 1. The van der Waals surface area contributed by atoms with E-state index in [1.807, 2.05) is 17.0 Å². The van der Waals surface area contributed by atoms with E-state index in [9.17, 15) is 4.79 Å². The molecule has 0 radical (unpaired) electrons. The average molecular weight is 274 g/mol. The van der Waals surface area contributed by atoms with Crippen molar-refractivity contribution in [1.82, 2.24) is 4.90 Å². The minimum Gasteiger partial charge on any atom is -0.493 e. The van der Waals surface area contributed by atoms with E-state index in [-0.39, 0.29) is 23.5 Å². The van der Waals surface area contributed by atoms with Crippen LogP contribution in [0.3, 0.4) is 0 Å². The number of rotatable bonds is 1. The highest BCUT2D eigenvalue weighted by Crippen LogP contribution is 2.39. The summed E-state index contributed by atoms with van der Waals surface area (Å²) >= 11 is 0. The lowest BCUT2D eigenvalue weighted by atomic mass is 9.95. The van der Waals surface area contributed by atoms with Gasteiger partial charge in [0.2, 0.25) is 5.91 Å². The van der Waals surface area contributed by atoms with Crippen molar-refractivity contribution in [1.29, 1.82) is 0 Å². The van der Waals surface area contributed by atoms with E-state index in [0.717, 1.165) is 24.3 Å². The van der Waals surface area contributed by atoms with Gasteiger partial charge in [-0.2, -0.15) is 0 Å². The summed E-state index contributed by atoms with van der Waals surface area (Å²) in [6.07, 6.45) is 1.37. The molecule has 1 aromatic rings. The summed E-state index contributed by atoms with van der Waals surface area (Å²) in [5.74, 6) is 1.11. The van der Waals surface area contributed by atoms with Crippen molar-refractivity contribution in [3.05, 3.63) is 29.3 Å². The molecule has 2 atom stereocenters. The summed E-state index contributed by atoms with van der Waals surface area (Å²) in [5.41, 5.74) is 8.38. The van der Waals surface area contributed by atoms with Gasteiger partial charge >= 0.3 is 0 Å². The number of fused-ring (bicyclic) bond motifs is 1. The molecule has 1 saturated heterocycles. The Labute approximate surface area is 119 Å². The molecule has 1 aromatic carbocycles. The first-order chi connectivity index (χ1) is 9.38. The molecular formula is C16H22N2O2. The van der Waals surface area contributed by atoms with Crippen molar-refractivity contribution in [3.63, 3.8) is 0 Å². The number of hydrogen-bond acceptors (Lipinski definition) is 3. The third kappa shape index (κ3) is 2.08. The zero-order valence-electron chi connectivity index (χ0n) is 12.3. The third-order valence-corrected chi connectivity index (χ3v) is 4.14. The van der Waals surface area contributed by atoms with Gasteiger partial charge in [-0.1, -0.05) is 6.07 Å². The van der Waals surface area contributed by atoms with E-state index in [0.29, 0.717) is 6.42 Å². The second-order valence-electron chi connectivity index (χ2n) is 6.71. The fourth-order valence-electron chi connectivity index (χ4n) is 3.34. The van der Waals surface area contributed by atoms with E-state index in [1.165, 1.54) is 5.56 Å². The van der Waals surface area contributed by atoms with Crippen LogP contribution in [0.4, 0.5) is 0 Å². The van der Waals surface area contributed by atoms with Crippen LogP contribution in [0.25, 0.3) is 0 Å². The molecule has 1 fully saturated rings. The standard InChI is InChI=1S/C16H22N2O2/c1-16(2,3)18-14(19)9-12(17)15(18)11-4-5-13-10(8-11)6-7-20-13/h4-5,8,12,15H,6-7,9,17H2,1-3H3. The summed E-state index contributed by atoms with van der Waals surface area (Å²) in [6.45, 7) is 6.93. The Morgan fingerprint density at radius 3 is 2.80 bits per heavy atom. The molecule has 2 unspecified atom stereocenters. The minimum absolute atomic E-state index is 0.0339. The van der Waals surface area contributed by atoms with Crippen LogP contribution in [0.15, 0.2) is 18.2 Å². The fraction of sp³-hybridized carbons (Fsp3) is 0.562. The summed E-state index contributed by atoms with van der Waals surface area (Å²) in [6, 6.07) is 6.04. The molecule has 0 saturated carbocycles. The van der Waals surface area contributed by atoms with Gasteiger partial charge in [0.1, 0.15) is 5.75 Å². The van der Waals surface area contributed by atoms with Crippen LogP contribution >= 0.6 is 0 Å². The Hall–Kier alpha value is -1.55. The quantitative estimate of drug-likeness (QED) is 0.852. The highest BCUT2D eigenvalue weighted by Gasteiger charge is 2.44. The maximum atomic E-state index is 12.3. The first-order valence-electron chi connectivity index (χ1n) is 7.21. The van der Waals surface area contributed by atoms with Gasteiger partial charge in [-0.05, 0) is 44.0 Å². The second-order valence-corrected chi connectivity index (χ2v) is 6.71. The van der Waals surface area contributed by atoms with Crippen LogP contribution in [-0.4, -0.2) is 29.0 Å². The molecule has 1 amide bonds. The Kier molecular flexibility index (Phi) is 3.01. The second kappa shape index (κ2) is 4.48. The highest BCUT2D eigenvalue weighted by molar-refractivity contribution is 5.81. The molecule has 4 nitrogen and oxygen atoms in total. The normalized spacial score (nSPS) is 25.8. The van der Waals surface area contributed by atoms with Crippen LogP contribution < -0.4 is 10.5 Å². The molecule has 20 heavy (non-hydrogen) atoms. The van der Waals surface area contributed by atoms with E-state index in [1.54, 1.807) is 0 Å². The van der Waals surface area contributed by atoms with E-state index < -0.39 is 0 Å². The average Bonchev–Trinajstić information content (AvgIpc) is 2.90. The van der Waals surface area contributed by atoms with Crippen molar-refractivity contribution in [3.8, 4) is 5.75 Å². The Bertz CT molecular complexity index is 548. The smallest absolute Gasteiger partial charge is 0.225 e. The summed E-state index contributed by atoms with van der Waals surface area (Å²) in [7, 11) is 0. The zero-order chi connectivity index (χ0) is 14.5. The molecule has 0 aromatic heterocycles. The highest BCUT2D eigenvalue weighted by atomic mass is 16.5. The SMILES string of the molecule is CC(C)(C)N1C(=O)CC(N)C1c1ccc2c(c1)CCO2. The van der Waals surface area contributed by atoms with Gasteiger partial charge in [-0.15, -0.1) is 0 Å². The molecule has 2 aliphatic rings. The lowest BCUT2D eigenvalue weighted by Gasteiger charge is -2.38. The van der Waals surface area contributed by atoms with E-state index in [4.69, 9.17) is 10.5 Å². The Morgan fingerprint density at radius 2 is 2.10 bits per heavy atom. The van der Waals surface area contributed by atoms with Crippen molar-refractivity contribution in [2.24, 2.45) is 5.73 Å². The number of nitrogens with two attached hydrogens (primary N) is 1. The molecule has 2 N–H and O–H groups in total. The number of amides is 1. The number of carbonyl (C=O) groups excluding carboxylic acids is 1. The van der Waals surface area contributed by atoms with Crippen LogP contribution in [0, 0.1) is 0 Å². The van der Waals surface area contributed by atoms with Gasteiger partial charge in [0.05, 0.1) is 12.6 Å². The number of benzene rings is 1. The predicted molar refractivity (Wildman–Crippen MR) is 77.6 cm³/mol. The molecule has 3 rings (SSSR count). The van der Waals surface area contributed by atoms with E-state index >= 15 is 0 Å². The van der Waals surface area contributed by atoms with Crippen molar-refractivity contribution in [2.75, 3.05) is 6.61 Å². The summed E-state index contributed by atoms with van der Waals surface area (Å²) in [4.78, 5) is 14.2. The third-order valence-electron chi connectivity index (χ3n) is 4.14. The summed E-state index contributed by atoms with van der Waals surface area (Å²) < 4.78 is 5.55. The predicted octanol–water partition coefficient (Wildman–Crippen LogP) is 2.02. The van der Waals surface area contributed by atoms with Gasteiger partial charge < -0.3 is 15.4 Å². The number of likely N-dealkylation sites (tertiary alicyclic amines) is 1. The first-order valence-corrected chi connectivity index (χ1v) is 7.21. The van der Waals surface area contributed by atoms with Crippen molar-refractivity contribution in [2.45, 2.75) is 51.2 Å². The molecular weight excluding hydrogens is 252 g/mol. The zero-order valence-corrected chi connectivity index (χ0v) is 12.3. The van der Waals surface area contributed by atoms with Crippen molar-refractivity contribution < 1.29 is 9.53 Å². The molecule has 0 bridgehead atoms. The lowest BCUT2D eigenvalue weighted by molar-refractivity contribution is -0.133. The number of carbonyl (C=O) groups is 1. The monoisotopic (exact) mass is 274 g/mol. The maximum Gasteiger partial charge on any atom is 0.225 e. The Balaban J connectivity index is 2.00. The molecule has 2 heterocycles.